The molecule has 1 aromatic rings. The number of thiophene rings is 1. The molecule has 1 rings (SSSR count). The van der Waals surface area contributed by atoms with Gasteiger partial charge < -0.3 is 5.11 Å². The number of aliphatic hydroxyl groups excluding tert-OH is 1. The summed E-state index contributed by atoms with van der Waals surface area (Å²) in [6.45, 7) is 4.25. The highest BCUT2D eigenvalue weighted by atomic mass is 32.2. The third-order valence-electron chi connectivity index (χ3n) is 2.15. The normalized spacial score (nSPS) is 11.4. The first kappa shape index (κ1) is 16.1. The monoisotopic (exact) mass is 302 g/mol. The minimum Gasteiger partial charge on any atom is -0.384 e. The van der Waals surface area contributed by atoms with Crippen molar-refractivity contribution >= 4 is 21.5 Å². The Kier molecular flexibility index (Phi) is 6.48. The lowest BCUT2D eigenvalue weighted by Gasteiger charge is -2.09. The fourth-order valence-electron chi connectivity index (χ4n) is 1.21. The van der Waals surface area contributed by atoms with Crippen molar-refractivity contribution in [2.75, 3.05) is 13.2 Å². The summed E-state index contributed by atoms with van der Waals surface area (Å²) in [4.78, 5) is 0.830. The van der Waals surface area contributed by atoms with Crippen molar-refractivity contribution in [1.29, 1.82) is 0 Å². The SMILES string of the molecule is CC(C)CNS(=O)(=O)NCc1sccc1C#CCO. The zero-order valence-corrected chi connectivity index (χ0v) is 12.6. The van der Waals surface area contributed by atoms with E-state index in [9.17, 15) is 8.42 Å². The molecule has 0 aliphatic rings. The molecular formula is C12H18N2O3S2. The van der Waals surface area contributed by atoms with Gasteiger partial charge in [-0.15, -0.1) is 11.3 Å². The van der Waals surface area contributed by atoms with Crippen LogP contribution in [0, 0.1) is 17.8 Å². The molecule has 7 heteroatoms. The first-order chi connectivity index (χ1) is 8.94. The first-order valence-corrected chi connectivity index (χ1v) is 8.21. The van der Waals surface area contributed by atoms with Crippen LogP contribution >= 0.6 is 11.3 Å². The van der Waals surface area contributed by atoms with Crippen LogP contribution in [0.1, 0.15) is 24.3 Å². The molecule has 0 bridgehead atoms. The van der Waals surface area contributed by atoms with Crippen LogP contribution in [0.5, 0.6) is 0 Å². The van der Waals surface area contributed by atoms with Crippen LogP contribution in [0.15, 0.2) is 11.4 Å². The summed E-state index contributed by atoms with van der Waals surface area (Å²) >= 11 is 1.43. The summed E-state index contributed by atoms with van der Waals surface area (Å²) in [5.74, 6) is 5.59. The second-order valence-corrected chi connectivity index (χ2v) is 6.87. The second-order valence-electron chi connectivity index (χ2n) is 4.28. The van der Waals surface area contributed by atoms with Gasteiger partial charge in [0.1, 0.15) is 6.61 Å². The smallest absolute Gasteiger partial charge is 0.277 e. The number of aliphatic hydroxyl groups is 1. The summed E-state index contributed by atoms with van der Waals surface area (Å²) < 4.78 is 28.3. The zero-order valence-electron chi connectivity index (χ0n) is 10.9. The topological polar surface area (TPSA) is 78.4 Å². The average molecular weight is 302 g/mol. The lowest BCUT2D eigenvalue weighted by atomic mass is 10.2. The highest BCUT2D eigenvalue weighted by molar-refractivity contribution is 7.87. The van der Waals surface area contributed by atoms with Crippen LogP contribution in [0.25, 0.3) is 0 Å². The lowest BCUT2D eigenvalue weighted by molar-refractivity contribution is 0.350. The molecule has 1 heterocycles. The van der Waals surface area contributed by atoms with E-state index in [2.05, 4.69) is 21.3 Å². The summed E-state index contributed by atoms with van der Waals surface area (Å²) in [5, 5.41) is 10.5. The molecule has 0 saturated carbocycles. The molecule has 0 aliphatic heterocycles. The maximum Gasteiger partial charge on any atom is 0.277 e. The predicted octanol–water partition coefficient (Wildman–Crippen LogP) is 0.672. The van der Waals surface area contributed by atoms with Crippen LogP contribution in [-0.2, 0) is 16.8 Å². The standard InChI is InChI=1S/C12H18N2O3S2/c1-10(2)8-13-19(16,17)14-9-12-11(4-3-6-15)5-7-18-12/h5,7,10,13-15H,6,8-9H2,1-2H3. The molecule has 5 nitrogen and oxygen atoms in total. The Hall–Kier alpha value is -0.910. The Morgan fingerprint density at radius 1 is 1.42 bits per heavy atom. The summed E-state index contributed by atoms with van der Waals surface area (Å²) in [7, 11) is -3.48. The molecule has 3 N–H and O–H groups in total. The third kappa shape index (κ3) is 6.18. The molecule has 0 spiro atoms. The zero-order chi connectivity index (χ0) is 14.3. The summed E-state index contributed by atoms with van der Waals surface area (Å²) in [6, 6.07) is 1.80. The van der Waals surface area contributed by atoms with Gasteiger partial charge in [0.15, 0.2) is 0 Å². The van der Waals surface area contributed by atoms with Gasteiger partial charge in [0.05, 0.1) is 0 Å². The van der Waals surface area contributed by atoms with Gasteiger partial charge in [-0.1, -0.05) is 25.7 Å². The molecule has 0 fully saturated rings. The largest absolute Gasteiger partial charge is 0.384 e. The van der Waals surface area contributed by atoms with E-state index >= 15 is 0 Å². The minimum absolute atomic E-state index is 0.195. The minimum atomic E-state index is -3.48. The van der Waals surface area contributed by atoms with Crippen LogP contribution in [0.3, 0.4) is 0 Å². The number of hydrogen-bond acceptors (Lipinski definition) is 4. The van der Waals surface area contributed by atoms with E-state index in [4.69, 9.17) is 5.11 Å². The molecule has 0 atom stereocenters. The van der Waals surface area contributed by atoms with Crippen LogP contribution in [0.2, 0.25) is 0 Å². The molecule has 19 heavy (non-hydrogen) atoms. The maximum atomic E-state index is 11.7. The van der Waals surface area contributed by atoms with Gasteiger partial charge in [-0.25, -0.2) is 4.72 Å². The molecule has 0 aromatic carbocycles. The summed E-state index contributed by atoms with van der Waals surface area (Å²) in [5.41, 5.74) is 0.741. The molecule has 0 radical (unpaired) electrons. The van der Waals surface area contributed by atoms with Crippen LogP contribution in [-0.4, -0.2) is 26.7 Å². The molecule has 0 aliphatic carbocycles. The summed E-state index contributed by atoms with van der Waals surface area (Å²) in [6.07, 6.45) is 0. The van der Waals surface area contributed by atoms with E-state index in [1.54, 1.807) is 6.07 Å². The van der Waals surface area contributed by atoms with Crippen molar-refractivity contribution < 1.29 is 13.5 Å². The van der Waals surface area contributed by atoms with Gasteiger partial charge in [0, 0.05) is 23.5 Å². The predicted molar refractivity (Wildman–Crippen MR) is 76.9 cm³/mol. The highest BCUT2D eigenvalue weighted by Crippen LogP contribution is 2.15. The van der Waals surface area contributed by atoms with E-state index in [1.807, 2.05) is 19.2 Å². The maximum absolute atomic E-state index is 11.7. The Balaban J connectivity index is 2.59. The first-order valence-electron chi connectivity index (χ1n) is 5.85. The van der Waals surface area contributed by atoms with Crippen LogP contribution < -0.4 is 9.44 Å². The number of nitrogens with one attached hydrogen (secondary N) is 2. The number of hydrogen-bond donors (Lipinski definition) is 3. The van der Waals surface area contributed by atoms with Crippen molar-refractivity contribution in [2.45, 2.75) is 20.4 Å². The lowest BCUT2D eigenvalue weighted by Crippen LogP contribution is -2.37. The van der Waals surface area contributed by atoms with Gasteiger partial charge in [0.25, 0.3) is 10.2 Å². The van der Waals surface area contributed by atoms with Crippen molar-refractivity contribution in [2.24, 2.45) is 5.92 Å². The van der Waals surface area contributed by atoms with E-state index in [0.29, 0.717) is 6.54 Å². The average Bonchev–Trinajstić information content (AvgIpc) is 2.79. The van der Waals surface area contributed by atoms with Crippen molar-refractivity contribution in [3.63, 3.8) is 0 Å². The second kappa shape index (κ2) is 7.62. The van der Waals surface area contributed by atoms with E-state index in [0.717, 1.165) is 10.4 Å². The molecule has 1 aromatic heterocycles. The Morgan fingerprint density at radius 2 is 2.16 bits per heavy atom. The molecular weight excluding hydrogens is 284 g/mol. The molecule has 0 unspecified atom stereocenters. The van der Waals surface area contributed by atoms with Gasteiger partial charge in [-0.3, -0.25) is 0 Å². The Morgan fingerprint density at radius 3 is 2.79 bits per heavy atom. The van der Waals surface area contributed by atoms with Gasteiger partial charge in [-0.2, -0.15) is 13.1 Å². The Labute approximate surface area is 118 Å². The van der Waals surface area contributed by atoms with Crippen LogP contribution in [0.4, 0.5) is 0 Å². The fourth-order valence-corrected chi connectivity index (χ4v) is 3.06. The van der Waals surface area contributed by atoms with Gasteiger partial charge in [0.2, 0.25) is 0 Å². The van der Waals surface area contributed by atoms with Gasteiger partial charge in [-0.05, 0) is 17.4 Å². The molecule has 0 amide bonds. The molecule has 0 saturated heterocycles. The Bertz CT molecular complexity index is 553. The van der Waals surface area contributed by atoms with Crippen molar-refractivity contribution in [1.82, 2.24) is 9.44 Å². The quantitative estimate of drug-likeness (QED) is 0.676. The third-order valence-corrected chi connectivity index (χ3v) is 4.14. The van der Waals surface area contributed by atoms with E-state index < -0.39 is 10.2 Å². The number of rotatable bonds is 6. The van der Waals surface area contributed by atoms with Crippen molar-refractivity contribution in [3.05, 3.63) is 21.9 Å². The fraction of sp³-hybridized carbons (Fsp3) is 0.500. The molecule has 106 valence electrons. The highest BCUT2D eigenvalue weighted by Gasteiger charge is 2.11. The van der Waals surface area contributed by atoms with E-state index in [-0.39, 0.29) is 19.1 Å². The van der Waals surface area contributed by atoms with Gasteiger partial charge >= 0.3 is 0 Å². The van der Waals surface area contributed by atoms with E-state index in [1.165, 1.54) is 11.3 Å². The van der Waals surface area contributed by atoms with Crippen molar-refractivity contribution in [3.8, 4) is 11.8 Å².